The molecule has 0 aliphatic carbocycles. The fourth-order valence-corrected chi connectivity index (χ4v) is 1.70. The second-order valence-corrected chi connectivity index (χ2v) is 3.94. The van der Waals surface area contributed by atoms with Gasteiger partial charge in [-0.2, -0.15) is 8.78 Å². The summed E-state index contributed by atoms with van der Waals surface area (Å²) in [6.07, 6.45) is 1.41. The maximum absolute atomic E-state index is 12.0. The fourth-order valence-electron chi connectivity index (χ4n) is 1.70. The van der Waals surface area contributed by atoms with Crippen molar-refractivity contribution in [3.8, 4) is 5.88 Å². The van der Waals surface area contributed by atoms with Crippen LogP contribution in [0.25, 0.3) is 0 Å². The van der Waals surface area contributed by atoms with E-state index in [0.29, 0.717) is 13.1 Å². The lowest BCUT2D eigenvalue weighted by Gasteiger charge is -2.39. The van der Waals surface area contributed by atoms with E-state index in [9.17, 15) is 13.6 Å². The van der Waals surface area contributed by atoms with Crippen molar-refractivity contribution in [2.75, 3.05) is 18.0 Å². The van der Waals surface area contributed by atoms with Crippen LogP contribution in [-0.2, 0) is 4.79 Å². The number of Topliss-reactive ketones (excluding diaryl/α,β-unsaturated/α-hetero) is 1. The van der Waals surface area contributed by atoms with Gasteiger partial charge in [0, 0.05) is 31.0 Å². The Bertz CT molecular complexity index is 420. The van der Waals surface area contributed by atoms with E-state index in [0.717, 1.165) is 5.69 Å². The molecule has 1 saturated heterocycles. The van der Waals surface area contributed by atoms with Crippen molar-refractivity contribution in [2.45, 2.75) is 13.5 Å². The molecule has 1 aliphatic rings. The number of anilines is 1. The van der Waals surface area contributed by atoms with Crippen molar-refractivity contribution >= 4 is 11.5 Å². The standard InChI is InChI=1S/C11H12F2N2O2/c1-7(16)8-5-15(6-8)9-2-3-14-10(4-9)17-11(12)13/h2-4,8,11H,5-6H2,1H3. The van der Waals surface area contributed by atoms with Gasteiger partial charge in [-0.25, -0.2) is 4.98 Å². The summed E-state index contributed by atoms with van der Waals surface area (Å²) >= 11 is 0. The molecule has 6 heteroatoms. The van der Waals surface area contributed by atoms with Gasteiger partial charge in [-0.1, -0.05) is 0 Å². The van der Waals surface area contributed by atoms with Crippen LogP contribution in [0.5, 0.6) is 5.88 Å². The SMILES string of the molecule is CC(=O)C1CN(c2ccnc(OC(F)F)c2)C1. The van der Waals surface area contributed by atoms with Crippen molar-refractivity contribution in [3.05, 3.63) is 18.3 Å². The monoisotopic (exact) mass is 242 g/mol. The Balaban J connectivity index is 2.00. The topological polar surface area (TPSA) is 42.4 Å². The van der Waals surface area contributed by atoms with E-state index in [1.165, 1.54) is 12.3 Å². The molecule has 1 aromatic rings. The van der Waals surface area contributed by atoms with Crippen LogP contribution >= 0.6 is 0 Å². The lowest BCUT2D eigenvalue weighted by atomic mass is 9.95. The number of carbonyl (C=O) groups excluding carboxylic acids is 1. The molecule has 1 aliphatic heterocycles. The molecule has 0 amide bonds. The normalized spacial score (nSPS) is 15.9. The first-order valence-corrected chi connectivity index (χ1v) is 5.22. The van der Waals surface area contributed by atoms with Crippen LogP contribution in [-0.4, -0.2) is 30.5 Å². The predicted molar refractivity (Wildman–Crippen MR) is 57.3 cm³/mol. The number of ether oxygens (including phenoxy) is 1. The van der Waals surface area contributed by atoms with Crippen molar-refractivity contribution in [3.63, 3.8) is 0 Å². The Morgan fingerprint density at radius 3 is 2.88 bits per heavy atom. The predicted octanol–water partition coefficient (Wildman–Crippen LogP) is 1.71. The number of hydrogen-bond donors (Lipinski definition) is 0. The van der Waals surface area contributed by atoms with Crippen LogP contribution in [0.3, 0.4) is 0 Å². The lowest BCUT2D eigenvalue weighted by molar-refractivity contribution is -0.121. The van der Waals surface area contributed by atoms with E-state index >= 15 is 0 Å². The van der Waals surface area contributed by atoms with Crippen LogP contribution in [0.4, 0.5) is 14.5 Å². The average Bonchev–Trinajstić information content (AvgIpc) is 2.13. The van der Waals surface area contributed by atoms with Crippen LogP contribution in [0.1, 0.15) is 6.92 Å². The van der Waals surface area contributed by atoms with Crippen LogP contribution in [0.2, 0.25) is 0 Å². The van der Waals surface area contributed by atoms with E-state index in [1.807, 2.05) is 4.90 Å². The minimum Gasteiger partial charge on any atom is -0.417 e. The highest BCUT2D eigenvalue weighted by Gasteiger charge is 2.30. The number of pyridine rings is 1. The van der Waals surface area contributed by atoms with Crippen LogP contribution < -0.4 is 9.64 Å². The molecular formula is C11H12F2N2O2. The van der Waals surface area contributed by atoms with E-state index in [1.54, 1.807) is 13.0 Å². The maximum atomic E-state index is 12.0. The smallest absolute Gasteiger partial charge is 0.388 e. The summed E-state index contributed by atoms with van der Waals surface area (Å²) in [4.78, 5) is 16.7. The first-order chi connectivity index (χ1) is 8.06. The van der Waals surface area contributed by atoms with Crippen molar-refractivity contribution in [2.24, 2.45) is 5.92 Å². The third-order valence-electron chi connectivity index (χ3n) is 2.75. The number of halogens is 2. The van der Waals surface area contributed by atoms with Gasteiger partial charge in [-0.3, -0.25) is 4.79 Å². The summed E-state index contributed by atoms with van der Waals surface area (Å²) in [7, 11) is 0. The Morgan fingerprint density at radius 2 is 2.29 bits per heavy atom. The van der Waals surface area contributed by atoms with Crippen LogP contribution in [0, 0.1) is 5.92 Å². The number of rotatable bonds is 4. The molecule has 17 heavy (non-hydrogen) atoms. The molecule has 2 heterocycles. The summed E-state index contributed by atoms with van der Waals surface area (Å²) in [6, 6.07) is 3.15. The molecule has 1 aromatic heterocycles. The number of ketones is 1. The number of nitrogens with zero attached hydrogens (tertiary/aromatic N) is 2. The molecule has 0 aromatic carbocycles. The highest BCUT2D eigenvalue weighted by atomic mass is 19.3. The molecule has 0 N–H and O–H groups in total. The summed E-state index contributed by atoms with van der Waals surface area (Å²) < 4.78 is 28.2. The molecule has 4 nitrogen and oxygen atoms in total. The highest BCUT2D eigenvalue weighted by molar-refractivity contribution is 5.81. The van der Waals surface area contributed by atoms with Gasteiger partial charge >= 0.3 is 6.61 Å². The fraction of sp³-hybridized carbons (Fsp3) is 0.455. The van der Waals surface area contributed by atoms with E-state index < -0.39 is 6.61 Å². The Morgan fingerprint density at radius 1 is 1.59 bits per heavy atom. The van der Waals surface area contributed by atoms with E-state index in [-0.39, 0.29) is 17.6 Å². The molecule has 0 radical (unpaired) electrons. The summed E-state index contributed by atoms with van der Waals surface area (Å²) in [5.74, 6) is 0.0887. The molecule has 1 fully saturated rings. The van der Waals surface area contributed by atoms with E-state index in [2.05, 4.69) is 9.72 Å². The summed E-state index contributed by atoms with van der Waals surface area (Å²) in [5.41, 5.74) is 0.744. The maximum Gasteiger partial charge on any atom is 0.388 e. The second kappa shape index (κ2) is 4.65. The van der Waals surface area contributed by atoms with E-state index in [4.69, 9.17) is 0 Å². The summed E-state index contributed by atoms with van der Waals surface area (Å²) in [6.45, 7) is -0.0833. The van der Waals surface area contributed by atoms with Crippen LogP contribution in [0.15, 0.2) is 18.3 Å². The van der Waals surface area contributed by atoms with Crippen molar-refractivity contribution in [1.29, 1.82) is 0 Å². The third kappa shape index (κ3) is 2.69. The Kier molecular flexibility index (Phi) is 3.21. The average molecular weight is 242 g/mol. The first kappa shape index (κ1) is 11.8. The molecule has 0 atom stereocenters. The Hall–Kier alpha value is -1.72. The van der Waals surface area contributed by atoms with Gasteiger partial charge in [-0.05, 0) is 13.0 Å². The van der Waals surface area contributed by atoms with Crippen molar-refractivity contribution in [1.82, 2.24) is 4.98 Å². The zero-order valence-electron chi connectivity index (χ0n) is 9.27. The minimum atomic E-state index is -2.88. The molecule has 0 bridgehead atoms. The molecule has 2 rings (SSSR count). The number of alkyl halides is 2. The summed E-state index contributed by atoms with van der Waals surface area (Å²) in [5, 5.41) is 0. The number of hydrogen-bond acceptors (Lipinski definition) is 4. The van der Waals surface area contributed by atoms with Crippen molar-refractivity contribution < 1.29 is 18.3 Å². The number of carbonyl (C=O) groups is 1. The molecular weight excluding hydrogens is 230 g/mol. The quantitative estimate of drug-likeness (QED) is 0.806. The highest BCUT2D eigenvalue weighted by Crippen LogP contribution is 2.27. The third-order valence-corrected chi connectivity index (χ3v) is 2.75. The van der Waals surface area contributed by atoms with Gasteiger partial charge in [0.15, 0.2) is 0 Å². The van der Waals surface area contributed by atoms with Gasteiger partial charge < -0.3 is 9.64 Å². The zero-order valence-corrected chi connectivity index (χ0v) is 9.27. The van der Waals surface area contributed by atoms with Gasteiger partial charge in [0.25, 0.3) is 0 Å². The second-order valence-electron chi connectivity index (χ2n) is 3.94. The van der Waals surface area contributed by atoms with Gasteiger partial charge in [0.2, 0.25) is 5.88 Å². The largest absolute Gasteiger partial charge is 0.417 e. The molecule has 92 valence electrons. The minimum absolute atomic E-state index is 0.0441. The molecule has 0 unspecified atom stereocenters. The Labute approximate surface area is 97.2 Å². The van der Waals surface area contributed by atoms with Gasteiger partial charge in [-0.15, -0.1) is 0 Å². The van der Waals surface area contributed by atoms with Gasteiger partial charge in [0.05, 0.1) is 5.92 Å². The van der Waals surface area contributed by atoms with Gasteiger partial charge in [0.1, 0.15) is 5.78 Å². The lowest BCUT2D eigenvalue weighted by Crippen LogP contribution is -2.49. The zero-order chi connectivity index (χ0) is 12.4. The molecule has 0 saturated carbocycles. The number of aromatic nitrogens is 1. The first-order valence-electron chi connectivity index (χ1n) is 5.22. The molecule has 0 spiro atoms.